The molecule has 2 aliphatic heterocycles. The maximum atomic E-state index is 13.3. The van der Waals surface area contributed by atoms with Gasteiger partial charge in [0.15, 0.2) is 15.7 Å². The van der Waals surface area contributed by atoms with E-state index in [1.165, 1.54) is 12.1 Å². The van der Waals surface area contributed by atoms with Gasteiger partial charge in [-0.15, -0.1) is 0 Å². The van der Waals surface area contributed by atoms with Gasteiger partial charge in [0.1, 0.15) is 0 Å². The van der Waals surface area contributed by atoms with Gasteiger partial charge in [-0.25, -0.2) is 22.2 Å². The van der Waals surface area contributed by atoms with Crippen molar-refractivity contribution in [2.45, 2.75) is 52.5 Å². The van der Waals surface area contributed by atoms with Gasteiger partial charge in [0.25, 0.3) is 12.3 Å². The van der Waals surface area contributed by atoms with E-state index in [1.54, 1.807) is 11.0 Å². The average molecular weight is 509 g/mol. The number of carbonyl (C=O) groups excluding carboxylic acids is 2. The molecule has 1 aromatic carbocycles. The third-order valence-electron chi connectivity index (χ3n) is 6.36. The van der Waals surface area contributed by atoms with E-state index in [4.69, 9.17) is 0 Å². The number of nitrogens with zero attached hydrogens (tertiary/aromatic N) is 2. The number of sulfone groups is 1. The number of hydrogen-bond acceptors (Lipinski definition) is 5. The second-order valence-electron chi connectivity index (χ2n) is 10.6. The van der Waals surface area contributed by atoms with Crippen molar-refractivity contribution in [2.75, 3.05) is 18.8 Å². The van der Waals surface area contributed by atoms with Crippen LogP contribution in [0.1, 0.15) is 62.6 Å². The summed E-state index contributed by atoms with van der Waals surface area (Å²) in [5.74, 6) is -1.11. The fourth-order valence-electron chi connectivity index (χ4n) is 4.87. The van der Waals surface area contributed by atoms with Crippen molar-refractivity contribution in [1.29, 1.82) is 0 Å². The molecular weight excluding hydrogens is 478 g/mol. The number of hydrogen-bond donors (Lipinski definition) is 2. The van der Waals surface area contributed by atoms with Crippen LogP contribution in [0.2, 0.25) is 0 Å². The summed E-state index contributed by atoms with van der Waals surface area (Å²) in [6.07, 6.45) is -1.19. The number of imidazole rings is 1. The van der Waals surface area contributed by atoms with Gasteiger partial charge in [-0.2, -0.15) is 0 Å². The third kappa shape index (κ3) is 5.88. The fraction of sp³-hybridized carbons (Fsp3) is 0.542. The van der Waals surface area contributed by atoms with Crippen molar-refractivity contribution in [3.8, 4) is 0 Å². The van der Waals surface area contributed by atoms with Crippen LogP contribution in [-0.2, 0) is 14.6 Å². The van der Waals surface area contributed by atoms with E-state index in [2.05, 4.69) is 36.1 Å². The second-order valence-corrected chi connectivity index (χ2v) is 12.6. The minimum atomic E-state index is -3.38. The predicted molar refractivity (Wildman–Crippen MR) is 128 cm³/mol. The van der Waals surface area contributed by atoms with Crippen LogP contribution in [0, 0.1) is 11.3 Å². The normalized spacial score (nSPS) is 22.5. The first-order valence-corrected chi connectivity index (χ1v) is 13.3. The molecule has 190 valence electrons. The number of rotatable bonds is 5. The third-order valence-corrected chi connectivity index (χ3v) is 7.86. The van der Waals surface area contributed by atoms with Crippen molar-refractivity contribution < 1.29 is 26.8 Å². The number of halogens is 2. The number of alkyl halides is 2. The van der Waals surface area contributed by atoms with Gasteiger partial charge >= 0.3 is 0 Å². The molecule has 4 rings (SSSR count). The van der Waals surface area contributed by atoms with Crippen molar-refractivity contribution in [3.05, 3.63) is 40.6 Å². The van der Waals surface area contributed by atoms with Gasteiger partial charge in [-0.05, 0) is 48.8 Å². The number of benzene rings is 1. The van der Waals surface area contributed by atoms with Crippen molar-refractivity contribution in [2.24, 2.45) is 11.3 Å². The lowest BCUT2D eigenvalue weighted by Crippen LogP contribution is -2.43. The number of H-pyrrole nitrogens is 1. The van der Waals surface area contributed by atoms with E-state index in [0.717, 1.165) is 11.8 Å². The number of likely N-dealkylation sites (tertiary alicyclic amines) is 1. The van der Waals surface area contributed by atoms with E-state index in [9.17, 15) is 26.8 Å². The number of carbonyl (C=O) groups is 2. The van der Waals surface area contributed by atoms with Gasteiger partial charge < -0.3 is 15.2 Å². The lowest BCUT2D eigenvalue weighted by atomic mass is 9.82. The lowest BCUT2D eigenvalue weighted by molar-refractivity contribution is -0.118. The van der Waals surface area contributed by atoms with Gasteiger partial charge in [-0.3, -0.25) is 9.59 Å². The summed E-state index contributed by atoms with van der Waals surface area (Å²) in [5.41, 5.74) is 1.23. The zero-order valence-electron chi connectivity index (χ0n) is 20.0. The summed E-state index contributed by atoms with van der Waals surface area (Å²) in [7, 11) is -3.38. The highest BCUT2D eigenvalue weighted by molar-refractivity contribution is 7.94. The molecule has 2 amide bonds. The predicted octanol–water partition coefficient (Wildman–Crippen LogP) is 3.59. The van der Waals surface area contributed by atoms with Crippen molar-refractivity contribution in [1.82, 2.24) is 20.2 Å². The zero-order valence-corrected chi connectivity index (χ0v) is 20.8. The van der Waals surface area contributed by atoms with Crippen LogP contribution in [0.3, 0.4) is 0 Å². The summed E-state index contributed by atoms with van der Waals surface area (Å²) in [6.45, 7) is 6.94. The van der Waals surface area contributed by atoms with Crippen LogP contribution in [0.5, 0.6) is 0 Å². The molecule has 0 radical (unpaired) electrons. The summed E-state index contributed by atoms with van der Waals surface area (Å²) in [4.78, 5) is 34.2. The van der Waals surface area contributed by atoms with E-state index >= 15 is 0 Å². The Morgan fingerprint density at radius 1 is 1.26 bits per heavy atom. The molecule has 2 N–H and O–H groups in total. The number of amides is 2. The molecule has 2 aromatic rings. The minimum Gasteiger partial charge on any atom is -0.347 e. The second kappa shape index (κ2) is 9.33. The topological polar surface area (TPSA) is 112 Å². The molecule has 3 heterocycles. The Morgan fingerprint density at radius 3 is 2.66 bits per heavy atom. The molecule has 8 nitrogen and oxygen atoms in total. The number of fused-ring (bicyclic) bond motifs is 1. The Labute approximate surface area is 203 Å². The molecule has 0 unspecified atom stereocenters. The van der Waals surface area contributed by atoms with Crippen LogP contribution in [-0.4, -0.2) is 60.0 Å². The summed E-state index contributed by atoms with van der Waals surface area (Å²) >= 11 is 0. The van der Waals surface area contributed by atoms with E-state index in [0.29, 0.717) is 36.0 Å². The fourth-order valence-corrected chi connectivity index (χ4v) is 6.19. The molecule has 1 fully saturated rings. The molecule has 35 heavy (non-hydrogen) atoms. The Kier molecular flexibility index (Phi) is 6.74. The summed E-state index contributed by atoms with van der Waals surface area (Å²) < 4.78 is 49.8. The molecule has 0 saturated carbocycles. The largest absolute Gasteiger partial charge is 0.347 e. The first-order chi connectivity index (χ1) is 16.3. The summed E-state index contributed by atoms with van der Waals surface area (Å²) in [6, 6.07) is 4.27. The van der Waals surface area contributed by atoms with Crippen LogP contribution in [0.15, 0.2) is 29.2 Å². The number of aromatic amines is 1. The Bertz CT molecular complexity index is 1280. The standard InChI is InChI=1S/C24H30F2N4O4S/c1-24(2,3)10-16-11-30(12-19(16)29-22(31)15-5-4-8-35(33,34)13-15)23(32)14-6-7-17-18(9-14)28-21(27-17)20(25)26/h6-7,9,13,16,19-20H,4-5,8,10-12H2,1-3H3,(H,27,28)(H,29,31)/t16-,19-/m1/s1. The van der Waals surface area contributed by atoms with Crippen molar-refractivity contribution in [3.63, 3.8) is 0 Å². The van der Waals surface area contributed by atoms with Crippen LogP contribution in [0.25, 0.3) is 11.0 Å². The molecule has 0 spiro atoms. The van der Waals surface area contributed by atoms with Crippen LogP contribution in [0.4, 0.5) is 8.78 Å². The molecule has 2 atom stereocenters. The van der Waals surface area contributed by atoms with E-state index in [1.807, 2.05) is 0 Å². The quantitative estimate of drug-likeness (QED) is 0.641. The highest BCUT2D eigenvalue weighted by Crippen LogP contribution is 2.32. The Balaban J connectivity index is 1.54. The maximum absolute atomic E-state index is 13.3. The smallest absolute Gasteiger partial charge is 0.295 e. The lowest BCUT2D eigenvalue weighted by Gasteiger charge is -2.27. The van der Waals surface area contributed by atoms with Crippen LogP contribution >= 0.6 is 0 Å². The summed E-state index contributed by atoms with van der Waals surface area (Å²) in [5, 5.41) is 4.04. The van der Waals surface area contributed by atoms with Gasteiger partial charge in [0.05, 0.1) is 22.8 Å². The maximum Gasteiger partial charge on any atom is 0.295 e. The number of nitrogens with one attached hydrogen (secondary N) is 2. The monoisotopic (exact) mass is 508 g/mol. The molecule has 1 aromatic heterocycles. The van der Waals surface area contributed by atoms with Crippen molar-refractivity contribution >= 4 is 32.7 Å². The SMILES string of the molecule is CC(C)(C)C[C@@H]1CN(C(=O)c2ccc3nc(C(F)F)[nH]c3c2)C[C@H]1NC(=O)C1=CS(=O)(=O)CCC1. The van der Waals surface area contributed by atoms with E-state index in [-0.39, 0.29) is 41.2 Å². The molecule has 0 bridgehead atoms. The molecular formula is C24H30F2N4O4S. The molecule has 11 heteroatoms. The Morgan fingerprint density at radius 2 is 2.00 bits per heavy atom. The Hall–Kier alpha value is -2.82. The van der Waals surface area contributed by atoms with Gasteiger partial charge in [0, 0.05) is 29.6 Å². The minimum absolute atomic E-state index is 0.0231. The zero-order chi connectivity index (χ0) is 25.5. The highest BCUT2D eigenvalue weighted by atomic mass is 32.2. The van der Waals surface area contributed by atoms with Gasteiger partial charge in [0.2, 0.25) is 5.91 Å². The van der Waals surface area contributed by atoms with Crippen LogP contribution < -0.4 is 5.32 Å². The van der Waals surface area contributed by atoms with Gasteiger partial charge in [-0.1, -0.05) is 20.8 Å². The highest BCUT2D eigenvalue weighted by Gasteiger charge is 2.39. The molecule has 0 aliphatic carbocycles. The molecule has 2 aliphatic rings. The number of aromatic nitrogens is 2. The van der Waals surface area contributed by atoms with E-state index < -0.39 is 28.0 Å². The first-order valence-electron chi connectivity index (χ1n) is 11.6. The first kappa shape index (κ1) is 25.3. The average Bonchev–Trinajstić information content (AvgIpc) is 3.35. The molecule has 1 saturated heterocycles.